The molecule has 20 heavy (non-hydrogen) atoms. The minimum atomic E-state index is 0.718. The fraction of sp³-hybridized carbons (Fsp3) is 0.333. The SMILES string of the molecule is CCCc1cc(NC)nc(CSc2ccccc2Cl)n1. The van der Waals surface area contributed by atoms with E-state index in [0.717, 1.165) is 45.8 Å². The van der Waals surface area contributed by atoms with Crippen molar-refractivity contribution in [1.29, 1.82) is 0 Å². The van der Waals surface area contributed by atoms with Crippen LogP contribution in [0.2, 0.25) is 5.02 Å². The van der Waals surface area contributed by atoms with Crippen molar-refractivity contribution in [2.24, 2.45) is 0 Å². The van der Waals surface area contributed by atoms with E-state index in [1.165, 1.54) is 0 Å². The van der Waals surface area contributed by atoms with Crippen LogP contribution in [-0.2, 0) is 12.2 Å². The topological polar surface area (TPSA) is 37.8 Å². The largest absolute Gasteiger partial charge is 0.373 e. The van der Waals surface area contributed by atoms with E-state index in [4.69, 9.17) is 11.6 Å². The van der Waals surface area contributed by atoms with Crippen LogP contribution in [0.1, 0.15) is 24.9 Å². The number of thioether (sulfide) groups is 1. The maximum absolute atomic E-state index is 6.16. The molecule has 0 saturated heterocycles. The van der Waals surface area contributed by atoms with E-state index in [1.54, 1.807) is 11.8 Å². The minimum Gasteiger partial charge on any atom is -0.373 e. The van der Waals surface area contributed by atoms with Crippen molar-refractivity contribution in [3.63, 3.8) is 0 Å². The average Bonchev–Trinajstić information content (AvgIpc) is 2.46. The Morgan fingerprint density at radius 1 is 1.25 bits per heavy atom. The van der Waals surface area contributed by atoms with Crippen molar-refractivity contribution in [1.82, 2.24) is 9.97 Å². The molecule has 0 bridgehead atoms. The van der Waals surface area contributed by atoms with Crippen molar-refractivity contribution in [3.05, 3.63) is 46.9 Å². The van der Waals surface area contributed by atoms with E-state index in [-0.39, 0.29) is 0 Å². The highest BCUT2D eigenvalue weighted by Gasteiger charge is 2.06. The predicted molar refractivity (Wildman–Crippen MR) is 86.6 cm³/mol. The molecule has 106 valence electrons. The molecule has 1 aromatic carbocycles. The summed E-state index contributed by atoms with van der Waals surface area (Å²) in [5.74, 6) is 2.43. The highest BCUT2D eigenvalue weighted by Crippen LogP contribution is 2.28. The maximum Gasteiger partial charge on any atom is 0.141 e. The van der Waals surface area contributed by atoms with Gasteiger partial charge in [-0.15, -0.1) is 11.8 Å². The maximum atomic E-state index is 6.16. The van der Waals surface area contributed by atoms with Gasteiger partial charge in [-0.3, -0.25) is 0 Å². The minimum absolute atomic E-state index is 0.718. The van der Waals surface area contributed by atoms with Gasteiger partial charge < -0.3 is 5.32 Å². The summed E-state index contributed by atoms with van der Waals surface area (Å²) in [4.78, 5) is 10.2. The first kappa shape index (κ1) is 15.1. The fourth-order valence-electron chi connectivity index (χ4n) is 1.83. The highest BCUT2D eigenvalue weighted by atomic mass is 35.5. The van der Waals surface area contributed by atoms with Crippen LogP contribution in [0.25, 0.3) is 0 Å². The Morgan fingerprint density at radius 3 is 2.75 bits per heavy atom. The van der Waals surface area contributed by atoms with Crippen LogP contribution in [0.4, 0.5) is 5.82 Å². The van der Waals surface area contributed by atoms with Crippen molar-refractivity contribution < 1.29 is 0 Å². The number of aryl methyl sites for hydroxylation is 1. The number of nitrogens with one attached hydrogen (secondary N) is 1. The van der Waals surface area contributed by atoms with E-state index >= 15 is 0 Å². The molecule has 2 rings (SSSR count). The first-order valence-electron chi connectivity index (χ1n) is 6.65. The molecule has 2 aromatic rings. The molecule has 5 heteroatoms. The second kappa shape index (κ2) is 7.50. The van der Waals surface area contributed by atoms with Gasteiger partial charge in [0.1, 0.15) is 11.6 Å². The molecule has 1 heterocycles. The zero-order chi connectivity index (χ0) is 14.4. The lowest BCUT2D eigenvalue weighted by atomic mass is 10.2. The van der Waals surface area contributed by atoms with Gasteiger partial charge in [-0.1, -0.05) is 37.1 Å². The summed E-state index contributed by atoms with van der Waals surface area (Å²) in [5, 5.41) is 3.86. The van der Waals surface area contributed by atoms with Crippen LogP contribution in [-0.4, -0.2) is 17.0 Å². The number of nitrogens with zero attached hydrogens (tertiary/aromatic N) is 2. The molecule has 0 saturated carbocycles. The van der Waals surface area contributed by atoms with Crippen molar-refractivity contribution in [2.45, 2.75) is 30.4 Å². The van der Waals surface area contributed by atoms with Gasteiger partial charge in [-0.25, -0.2) is 9.97 Å². The number of benzene rings is 1. The van der Waals surface area contributed by atoms with Crippen LogP contribution >= 0.6 is 23.4 Å². The summed E-state index contributed by atoms with van der Waals surface area (Å²) >= 11 is 7.82. The third-order valence-electron chi connectivity index (χ3n) is 2.78. The summed E-state index contributed by atoms with van der Waals surface area (Å²) < 4.78 is 0. The second-order valence-electron chi connectivity index (χ2n) is 4.38. The second-order valence-corrected chi connectivity index (χ2v) is 5.80. The average molecular weight is 308 g/mol. The normalized spacial score (nSPS) is 10.6. The molecule has 0 aliphatic rings. The third-order valence-corrected chi connectivity index (χ3v) is 4.29. The van der Waals surface area contributed by atoms with Gasteiger partial charge in [-0.05, 0) is 18.6 Å². The molecular formula is C15H18ClN3S. The van der Waals surface area contributed by atoms with Gasteiger partial charge in [0.2, 0.25) is 0 Å². The molecule has 0 aliphatic carbocycles. The van der Waals surface area contributed by atoms with Gasteiger partial charge in [0.05, 0.1) is 10.8 Å². The lowest BCUT2D eigenvalue weighted by Crippen LogP contribution is -2.02. The molecule has 0 fully saturated rings. The van der Waals surface area contributed by atoms with E-state index in [1.807, 2.05) is 37.4 Å². The molecule has 0 atom stereocenters. The quantitative estimate of drug-likeness (QED) is 0.802. The Labute approximate surface area is 129 Å². The summed E-state index contributed by atoms with van der Waals surface area (Å²) in [7, 11) is 1.88. The zero-order valence-electron chi connectivity index (χ0n) is 11.7. The smallest absolute Gasteiger partial charge is 0.141 e. The van der Waals surface area contributed by atoms with Crippen LogP contribution in [0, 0.1) is 0 Å². The summed E-state index contributed by atoms with van der Waals surface area (Å²) in [6, 6.07) is 9.85. The Bertz CT molecular complexity index is 575. The van der Waals surface area contributed by atoms with Crippen LogP contribution in [0.15, 0.2) is 35.2 Å². The Balaban J connectivity index is 2.12. The number of rotatable bonds is 6. The monoisotopic (exact) mass is 307 g/mol. The molecule has 0 unspecified atom stereocenters. The summed E-state index contributed by atoms with van der Waals surface area (Å²) in [5.41, 5.74) is 1.08. The van der Waals surface area contributed by atoms with E-state index < -0.39 is 0 Å². The lowest BCUT2D eigenvalue weighted by molar-refractivity contribution is 0.855. The highest BCUT2D eigenvalue weighted by molar-refractivity contribution is 7.98. The van der Waals surface area contributed by atoms with Crippen molar-refractivity contribution >= 4 is 29.2 Å². The van der Waals surface area contributed by atoms with E-state index in [0.29, 0.717) is 0 Å². The Kier molecular flexibility index (Phi) is 5.68. The molecular weight excluding hydrogens is 290 g/mol. The summed E-state index contributed by atoms with van der Waals surface area (Å²) in [6.45, 7) is 2.15. The Morgan fingerprint density at radius 2 is 2.05 bits per heavy atom. The number of aromatic nitrogens is 2. The molecule has 3 nitrogen and oxygen atoms in total. The van der Waals surface area contributed by atoms with Gasteiger partial charge in [-0.2, -0.15) is 0 Å². The summed E-state index contributed by atoms with van der Waals surface area (Å²) in [6.07, 6.45) is 2.05. The Hall–Kier alpha value is -1.26. The predicted octanol–water partition coefficient (Wildman–Crippen LogP) is 4.42. The number of halogens is 1. The van der Waals surface area contributed by atoms with E-state index in [9.17, 15) is 0 Å². The number of anilines is 1. The third kappa shape index (κ3) is 4.12. The molecule has 0 spiro atoms. The van der Waals surface area contributed by atoms with Crippen LogP contribution in [0.5, 0.6) is 0 Å². The fourth-order valence-corrected chi connectivity index (χ4v) is 2.93. The van der Waals surface area contributed by atoms with Gasteiger partial charge in [0.25, 0.3) is 0 Å². The number of hydrogen-bond acceptors (Lipinski definition) is 4. The first-order valence-corrected chi connectivity index (χ1v) is 8.01. The van der Waals surface area contributed by atoms with Gasteiger partial charge in [0, 0.05) is 23.7 Å². The zero-order valence-corrected chi connectivity index (χ0v) is 13.3. The van der Waals surface area contributed by atoms with Crippen molar-refractivity contribution in [3.8, 4) is 0 Å². The molecule has 0 aliphatic heterocycles. The molecule has 1 N–H and O–H groups in total. The standard InChI is InChI=1S/C15H18ClN3S/c1-3-6-11-9-14(17-2)19-15(18-11)10-20-13-8-5-4-7-12(13)16/h4-5,7-9H,3,6,10H2,1-2H3,(H,17,18,19). The van der Waals surface area contributed by atoms with E-state index in [2.05, 4.69) is 22.2 Å². The lowest BCUT2D eigenvalue weighted by Gasteiger charge is -2.08. The molecule has 1 aromatic heterocycles. The van der Waals surface area contributed by atoms with Gasteiger partial charge >= 0.3 is 0 Å². The first-order chi connectivity index (χ1) is 9.72. The number of hydrogen-bond donors (Lipinski definition) is 1. The molecule has 0 amide bonds. The van der Waals surface area contributed by atoms with Crippen LogP contribution < -0.4 is 5.32 Å². The van der Waals surface area contributed by atoms with Crippen LogP contribution in [0.3, 0.4) is 0 Å². The van der Waals surface area contributed by atoms with Crippen molar-refractivity contribution in [2.75, 3.05) is 12.4 Å². The molecule has 0 radical (unpaired) electrons. The van der Waals surface area contributed by atoms with Gasteiger partial charge in [0.15, 0.2) is 0 Å².